The van der Waals surface area contributed by atoms with Crippen molar-refractivity contribution in [2.45, 2.75) is 0 Å². The van der Waals surface area contributed by atoms with E-state index in [1.807, 2.05) is 0 Å². The lowest BCUT2D eigenvalue weighted by Crippen LogP contribution is -2.10. The lowest BCUT2D eigenvalue weighted by atomic mass is 10.0. The van der Waals surface area contributed by atoms with Gasteiger partial charge in [0.15, 0.2) is 5.58 Å². The molecule has 0 aliphatic carbocycles. The van der Waals surface area contributed by atoms with Gasteiger partial charge < -0.3 is 13.9 Å². The Kier molecular flexibility index (Phi) is 6.81. The van der Waals surface area contributed by atoms with Crippen molar-refractivity contribution < 1.29 is 4.42 Å². The van der Waals surface area contributed by atoms with E-state index in [9.17, 15) is 0 Å². The van der Waals surface area contributed by atoms with E-state index >= 15 is 0 Å². The fourth-order valence-electron chi connectivity index (χ4n) is 7.63. The van der Waals surface area contributed by atoms with Crippen LogP contribution in [0.2, 0.25) is 0 Å². The van der Waals surface area contributed by atoms with E-state index in [0.717, 1.165) is 61.1 Å². The first kappa shape index (κ1) is 29.1. The molecule has 0 saturated carbocycles. The molecule has 240 valence electrons. The number of fused-ring (bicyclic) bond motifs is 7. The number of para-hydroxylation sites is 3. The summed E-state index contributed by atoms with van der Waals surface area (Å²) < 4.78 is 9.28. The highest BCUT2D eigenvalue weighted by atomic mass is 16.3. The molecule has 0 saturated heterocycles. The van der Waals surface area contributed by atoms with Crippen LogP contribution >= 0.6 is 0 Å². The third-order valence-corrected chi connectivity index (χ3v) is 9.98. The van der Waals surface area contributed by atoms with Crippen LogP contribution < -0.4 is 4.90 Å². The fourth-order valence-corrected chi connectivity index (χ4v) is 7.63. The maximum Gasteiger partial charge on any atom is 0.162 e. The fraction of sp³-hybridized carbons (Fsp3) is 0. The first-order chi connectivity index (χ1) is 25.3. The first-order valence-corrected chi connectivity index (χ1v) is 17.4. The minimum Gasteiger partial charge on any atom is -0.454 e. The quantitative estimate of drug-likeness (QED) is 0.178. The van der Waals surface area contributed by atoms with Gasteiger partial charge in [0, 0.05) is 33.2 Å². The molecule has 0 aliphatic rings. The molecule has 0 radical (unpaired) electrons. The molecule has 0 bridgehead atoms. The predicted molar refractivity (Wildman–Crippen MR) is 214 cm³/mol. The number of rotatable bonds is 6. The Labute approximate surface area is 295 Å². The Hall–Kier alpha value is -6.84. The molecular weight excluding hydrogens is 621 g/mol. The highest BCUT2D eigenvalue weighted by molar-refractivity contribution is 6.26. The van der Waals surface area contributed by atoms with Crippen LogP contribution in [0, 0.1) is 0 Å². The van der Waals surface area contributed by atoms with Gasteiger partial charge in [0.05, 0.1) is 22.1 Å². The zero-order chi connectivity index (χ0) is 33.7. The number of furan rings is 1. The number of aromatic nitrogens is 1. The van der Waals surface area contributed by atoms with Gasteiger partial charge in [0.25, 0.3) is 0 Å². The molecule has 51 heavy (non-hydrogen) atoms. The van der Waals surface area contributed by atoms with Gasteiger partial charge in [-0.05, 0) is 76.9 Å². The standard InChI is InChI=1S/C48H32N2O/c1-4-14-33(15-5-1)35-24-28-38(29-25-35)49(39-30-26-36(27-31-39)34-16-6-2-7-17-34)44-32-42-40-20-10-12-22-43(40)50(37-18-8-3-9-19-37)47(42)48-46(44)41-21-11-13-23-45(41)51-48/h1-32H. The molecule has 0 atom stereocenters. The predicted octanol–water partition coefficient (Wildman–Crippen LogP) is 13.5. The van der Waals surface area contributed by atoms with Gasteiger partial charge in [-0.25, -0.2) is 0 Å². The lowest BCUT2D eigenvalue weighted by molar-refractivity contribution is 0.671. The number of anilines is 3. The van der Waals surface area contributed by atoms with Crippen molar-refractivity contribution in [1.29, 1.82) is 0 Å². The van der Waals surface area contributed by atoms with E-state index in [4.69, 9.17) is 4.42 Å². The van der Waals surface area contributed by atoms with Gasteiger partial charge in [-0.3, -0.25) is 0 Å². The molecule has 0 unspecified atom stereocenters. The minimum atomic E-state index is 0.866. The maximum absolute atomic E-state index is 6.93. The summed E-state index contributed by atoms with van der Waals surface area (Å²) in [6, 6.07) is 69.0. The molecule has 0 spiro atoms. The van der Waals surface area contributed by atoms with Gasteiger partial charge in [-0.15, -0.1) is 0 Å². The average Bonchev–Trinajstić information content (AvgIpc) is 3.76. The van der Waals surface area contributed by atoms with Gasteiger partial charge in [0.2, 0.25) is 0 Å². The number of benzene rings is 8. The third-order valence-electron chi connectivity index (χ3n) is 9.98. The Balaban J connectivity index is 1.28. The molecule has 3 nitrogen and oxygen atoms in total. The summed E-state index contributed by atoms with van der Waals surface area (Å²) in [5, 5.41) is 4.49. The number of hydrogen-bond donors (Lipinski definition) is 0. The van der Waals surface area contributed by atoms with Crippen LogP contribution in [0.4, 0.5) is 17.1 Å². The molecule has 0 amide bonds. The van der Waals surface area contributed by atoms with Crippen molar-refractivity contribution in [2.75, 3.05) is 4.90 Å². The third kappa shape index (κ3) is 4.82. The van der Waals surface area contributed by atoms with Crippen molar-refractivity contribution in [1.82, 2.24) is 4.57 Å². The SMILES string of the molecule is c1ccc(-c2ccc(N(c3ccc(-c4ccccc4)cc3)c3cc4c5ccccc5n(-c5ccccc5)c4c4oc5ccccc5c34)cc2)cc1. The van der Waals surface area contributed by atoms with Gasteiger partial charge in [0.1, 0.15) is 5.58 Å². The van der Waals surface area contributed by atoms with Gasteiger partial charge in [-0.1, -0.05) is 140 Å². The summed E-state index contributed by atoms with van der Waals surface area (Å²) in [5.41, 5.74) is 13.0. The van der Waals surface area contributed by atoms with E-state index in [1.54, 1.807) is 0 Å². The normalized spacial score (nSPS) is 11.5. The molecule has 0 fully saturated rings. The highest BCUT2D eigenvalue weighted by Gasteiger charge is 2.25. The molecule has 2 aromatic heterocycles. The van der Waals surface area contributed by atoms with Gasteiger partial charge in [-0.2, -0.15) is 0 Å². The number of nitrogens with zero attached hydrogens (tertiary/aromatic N) is 2. The molecule has 0 aliphatic heterocycles. The summed E-state index contributed by atoms with van der Waals surface area (Å²) in [6.07, 6.45) is 0. The average molecular weight is 653 g/mol. The van der Waals surface area contributed by atoms with Crippen LogP contribution in [0.25, 0.3) is 71.7 Å². The smallest absolute Gasteiger partial charge is 0.162 e. The van der Waals surface area contributed by atoms with Crippen LogP contribution in [-0.2, 0) is 0 Å². The molecule has 0 N–H and O–H groups in total. The Morgan fingerprint density at radius 1 is 0.412 bits per heavy atom. The summed E-state index contributed by atoms with van der Waals surface area (Å²) in [6.45, 7) is 0. The second-order valence-corrected chi connectivity index (χ2v) is 12.9. The summed E-state index contributed by atoms with van der Waals surface area (Å²) in [7, 11) is 0. The molecule has 10 aromatic rings. The van der Waals surface area contributed by atoms with Crippen LogP contribution in [-0.4, -0.2) is 4.57 Å². The van der Waals surface area contributed by atoms with Crippen LogP contribution in [0.5, 0.6) is 0 Å². The second-order valence-electron chi connectivity index (χ2n) is 12.9. The van der Waals surface area contributed by atoms with Crippen molar-refractivity contribution >= 4 is 60.8 Å². The van der Waals surface area contributed by atoms with Crippen molar-refractivity contribution in [3.8, 4) is 27.9 Å². The van der Waals surface area contributed by atoms with E-state index in [0.29, 0.717) is 0 Å². The highest BCUT2D eigenvalue weighted by Crippen LogP contribution is 2.48. The van der Waals surface area contributed by atoms with Gasteiger partial charge >= 0.3 is 0 Å². The topological polar surface area (TPSA) is 21.3 Å². The molecule has 3 heteroatoms. The zero-order valence-electron chi connectivity index (χ0n) is 27.8. The van der Waals surface area contributed by atoms with Crippen LogP contribution in [0.15, 0.2) is 199 Å². The Morgan fingerprint density at radius 3 is 1.51 bits per heavy atom. The van der Waals surface area contributed by atoms with Crippen molar-refractivity contribution in [3.63, 3.8) is 0 Å². The second kappa shape index (κ2) is 11.9. The minimum absolute atomic E-state index is 0.866. The van der Waals surface area contributed by atoms with Crippen LogP contribution in [0.3, 0.4) is 0 Å². The largest absolute Gasteiger partial charge is 0.454 e. The zero-order valence-corrected chi connectivity index (χ0v) is 27.8. The number of hydrogen-bond acceptors (Lipinski definition) is 2. The summed E-state index contributed by atoms with van der Waals surface area (Å²) >= 11 is 0. The molecular formula is C48H32N2O. The molecule has 10 rings (SSSR count). The van der Waals surface area contributed by atoms with E-state index in [2.05, 4.69) is 204 Å². The Morgan fingerprint density at radius 2 is 0.902 bits per heavy atom. The van der Waals surface area contributed by atoms with Crippen molar-refractivity contribution in [3.05, 3.63) is 194 Å². The monoisotopic (exact) mass is 652 g/mol. The van der Waals surface area contributed by atoms with E-state index < -0.39 is 0 Å². The lowest BCUT2D eigenvalue weighted by Gasteiger charge is -2.27. The summed E-state index contributed by atoms with van der Waals surface area (Å²) in [4.78, 5) is 2.39. The first-order valence-electron chi connectivity index (χ1n) is 17.4. The summed E-state index contributed by atoms with van der Waals surface area (Å²) in [5.74, 6) is 0. The maximum atomic E-state index is 6.93. The molecule has 8 aromatic carbocycles. The van der Waals surface area contributed by atoms with Crippen LogP contribution in [0.1, 0.15) is 0 Å². The Bertz CT molecular complexity index is 2730. The van der Waals surface area contributed by atoms with E-state index in [-0.39, 0.29) is 0 Å². The van der Waals surface area contributed by atoms with Crippen molar-refractivity contribution in [2.24, 2.45) is 0 Å². The molecule has 2 heterocycles. The van der Waals surface area contributed by atoms with E-state index in [1.165, 1.54) is 27.6 Å².